The lowest BCUT2D eigenvalue weighted by Gasteiger charge is -2.10. The molecule has 0 saturated heterocycles. The second-order valence-corrected chi connectivity index (χ2v) is 4.25. The Hall–Kier alpha value is -1.84. The molecule has 0 amide bonds. The van der Waals surface area contributed by atoms with Crippen LogP contribution in [0.25, 0.3) is 0 Å². The third-order valence-corrected chi connectivity index (χ3v) is 2.78. The highest BCUT2D eigenvalue weighted by Gasteiger charge is 2.11. The molecule has 0 heterocycles. The van der Waals surface area contributed by atoms with Crippen molar-refractivity contribution in [3.63, 3.8) is 0 Å². The second kappa shape index (κ2) is 6.19. The zero-order chi connectivity index (χ0) is 13.7. The van der Waals surface area contributed by atoms with E-state index in [2.05, 4.69) is 4.74 Å². The smallest absolute Gasteiger partial charge is 0.311 e. The van der Waals surface area contributed by atoms with Crippen LogP contribution < -0.4 is 4.74 Å². The number of carbonyl (C=O) groups excluding carboxylic acids is 2. The number of hydrogen-bond donors (Lipinski definition) is 0. The summed E-state index contributed by atoms with van der Waals surface area (Å²) in [6.45, 7) is 5.85. The van der Waals surface area contributed by atoms with E-state index in [9.17, 15) is 9.59 Å². The molecule has 0 saturated carbocycles. The zero-order valence-electron chi connectivity index (χ0n) is 11.2. The van der Waals surface area contributed by atoms with E-state index in [1.54, 1.807) is 0 Å². The zero-order valence-corrected chi connectivity index (χ0v) is 11.2. The molecule has 0 aliphatic heterocycles. The Morgan fingerprint density at radius 1 is 0.944 bits per heavy atom. The quantitative estimate of drug-likeness (QED) is 0.608. The highest BCUT2D eigenvalue weighted by molar-refractivity contribution is 5.79. The Balaban J connectivity index is 2.65. The first-order valence-electron chi connectivity index (χ1n) is 5.79. The summed E-state index contributed by atoms with van der Waals surface area (Å²) in [7, 11) is 1.29. The molecule has 0 spiro atoms. The SMILES string of the molecule is COC(=O)CCC(=O)Oc1cc(C)c(C)cc1C. The van der Waals surface area contributed by atoms with Crippen LogP contribution in [0.2, 0.25) is 0 Å². The molecule has 18 heavy (non-hydrogen) atoms. The third kappa shape index (κ3) is 3.87. The topological polar surface area (TPSA) is 52.6 Å². The van der Waals surface area contributed by atoms with Crippen molar-refractivity contribution in [1.82, 2.24) is 0 Å². The van der Waals surface area contributed by atoms with Crippen LogP contribution in [0.1, 0.15) is 29.5 Å². The standard InChI is InChI=1S/C14H18O4/c1-9-7-11(3)12(8-10(9)2)18-14(16)6-5-13(15)17-4/h7-8H,5-6H2,1-4H3. The maximum atomic E-state index is 11.6. The summed E-state index contributed by atoms with van der Waals surface area (Å²) in [6, 6.07) is 3.80. The van der Waals surface area contributed by atoms with Crippen molar-refractivity contribution in [3.8, 4) is 5.75 Å². The monoisotopic (exact) mass is 250 g/mol. The molecular formula is C14H18O4. The van der Waals surface area contributed by atoms with E-state index < -0.39 is 11.9 Å². The minimum absolute atomic E-state index is 0.0268. The van der Waals surface area contributed by atoms with Gasteiger partial charge in [-0.3, -0.25) is 9.59 Å². The highest BCUT2D eigenvalue weighted by Crippen LogP contribution is 2.22. The van der Waals surface area contributed by atoms with E-state index in [1.807, 2.05) is 32.9 Å². The third-order valence-electron chi connectivity index (χ3n) is 2.78. The van der Waals surface area contributed by atoms with Crippen LogP contribution >= 0.6 is 0 Å². The van der Waals surface area contributed by atoms with Crippen LogP contribution in [0, 0.1) is 20.8 Å². The number of rotatable bonds is 4. The van der Waals surface area contributed by atoms with Crippen molar-refractivity contribution in [1.29, 1.82) is 0 Å². The van der Waals surface area contributed by atoms with Crippen LogP contribution in [-0.2, 0) is 14.3 Å². The summed E-state index contributed by atoms with van der Waals surface area (Å²) in [5.74, 6) is -0.288. The predicted molar refractivity (Wildman–Crippen MR) is 67.5 cm³/mol. The molecule has 0 aromatic heterocycles. The number of benzene rings is 1. The van der Waals surface area contributed by atoms with E-state index in [-0.39, 0.29) is 12.8 Å². The van der Waals surface area contributed by atoms with Crippen molar-refractivity contribution in [2.24, 2.45) is 0 Å². The van der Waals surface area contributed by atoms with Gasteiger partial charge in [0.05, 0.1) is 20.0 Å². The van der Waals surface area contributed by atoms with Gasteiger partial charge < -0.3 is 9.47 Å². The van der Waals surface area contributed by atoms with Gasteiger partial charge in [0.2, 0.25) is 0 Å². The minimum Gasteiger partial charge on any atom is -0.469 e. The van der Waals surface area contributed by atoms with Gasteiger partial charge in [-0.2, -0.15) is 0 Å². The van der Waals surface area contributed by atoms with Crippen molar-refractivity contribution >= 4 is 11.9 Å². The molecule has 0 aliphatic carbocycles. The van der Waals surface area contributed by atoms with Crippen molar-refractivity contribution in [2.75, 3.05) is 7.11 Å². The Morgan fingerprint density at radius 3 is 2.11 bits per heavy atom. The molecule has 0 aliphatic rings. The van der Waals surface area contributed by atoms with Crippen molar-refractivity contribution < 1.29 is 19.1 Å². The molecule has 1 rings (SSSR count). The molecule has 4 nitrogen and oxygen atoms in total. The fourth-order valence-corrected chi connectivity index (χ4v) is 1.52. The lowest BCUT2D eigenvalue weighted by molar-refractivity contribution is -0.144. The first-order valence-corrected chi connectivity index (χ1v) is 5.79. The van der Waals surface area contributed by atoms with Gasteiger partial charge >= 0.3 is 11.9 Å². The van der Waals surface area contributed by atoms with Gasteiger partial charge in [0.25, 0.3) is 0 Å². The lowest BCUT2D eigenvalue weighted by atomic mass is 10.1. The first kappa shape index (κ1) is 14.2. The van der Waals surface area contributed by atoms with E-state index in [4.69, 9.17) is 4.74 Å². The summed E-state index contributed by atoms with van der Waals surface area (Å²) in [5.41, 5.74) is 3.13. The number of methoxy groups -OCH3 is 1. The van der Waals surface area contributed by atoms with Gasteiger partial charge in [0, 0.05) is 0 Å². The van der Waals surface area contributed by atoms with Gasteiger partial charge in [0.1, 0.15) is 5.75 Å². The summed E-state index contributed by atoms with van der Waals surface area (Å²) < 4.78 is 9.69. The first-order chi connectivity index (χ1) is 8.43. The number of ether oxygens (including phenoxy) is 2. The highest BCUT2D eigenvalue weighted by atomic mass is 16.5. The maximum Gasteiger partial charge on any atom is 0.311 e. The van der Waals surface area contributed by atoms with Crippen LogP contribution in [0.3, 0.4) is 0 Å². The average molecular weight is 250 g/mol. The Kier molecular flexibility index (Phi) is 4.89. The fourth-order valence-electron chi connectivity index (χ4n) is 1.52. The summed E-state index contributed by atoms with van der Waals surface area (Å²) >= 11 is 0. The maximum absolute atomic E-state index is 11.6. The van der Waals surface area contributed by atoms with Crippen LogP contribution in [-0.4, -0.2) is 19.0 Å². The number of esters is 2. The molecule has 0 bridgehead atoms. The summed E-state index contributed by atoms with van der Waals surface area (Å²) in [4.78, 5) is 22.5. The van der Waals surface area contributed by atoms with Gasteiger partial charge in [-0.1, -0.05) is 6.07 Å². The molecule has 0 fully saturated rings. The van der Waals surface area contributed by atoms with Crippen molar-refractivity contribution in [2.45, 2.75) is 33.6 Å². The van der Waals surface area contributed by atoms with Gasteiger partial charge in [-0.25, -0.2) is 0 Å². The van der Waals surface area contributed by atoms with Crippen LogP contribution in [0.4, 0.5) is 0 Å². The molecule has 0 unspecified atom stereocenters. The molecule has 1 aromatic carbocycles. The summed E-state index contributed by atoms with van der Waals surface area (Å²) in [6.07, 6.45) is 0.0677. The largest absolute Gasteiger partial charge is 0.469 e. The Labute approximate surface area is 107 Å². The molecule has 0 atom stereocenters. The molecule has 4 heteroatoms. The average Bonchev–Trinajstić information content (AvgIpc) is 2.33. The van der Waals surface area contributed by atoms with Crippen LogP contribution in [0.15, 0.2) is 12.1 Å². The fraction of sp³-hybridized carbons (Fsp3) is 0.429. The van der Waals surface area contributed by atoms with Gasteiger partial charge in [0.15, 0.2) is 0 Å². The minimum atomic E-state index is -0.424. The second-order valence-electron chi connectivity index (χ2n) is 4.25. The summed E-state index contributed by atoms with van der Waals surface area (Å²) in [5, 5.41) is 0. The number of aryl methyl sites for hydroxylation is 3. The molecule has 0 N–H and O–H groups in total. The van der Waals surface area contributed by atoms with E-state index in [1.165, 1.54) is 7.11 Å². The van der Waals surface area contributed by atoms with E-state index in [0.717, 1.165) is 16.7 Å². The van der Waals surface area contributed by atoms with Gasteiger partial charge in [-0.05, 0) is 43.5 Å². The Morgan fingerprint density at radius 2 is 1.50 bits per heavy atom. The van der Waals surface area contributed by atoms with Gasteiger partial charge in [-0.15, -0.1) is 0 Å². The lowest BCUT2D eigenvalue weighted by Crippen LogP contribution is -2.12. The van der Waals surface area contributed by atoms with Crippen LogP contribution in [0.5, 0.6) is 5.75 Å². The predicted octanol–water partition coefficient (Wildman–Crippen LogP) is 2.47. The van der Waals surface area contributed by atoms with Crippen molar-refractivity contribution in [3.05, 3.63) is 28.8 Å². The Bertz CT molecular complexity index is 463. The molecule has 1 aromatic rings. The molecule has 98 valence electrons. The molecule has 0 radical (unpaired) electrons. The molecular weight excluding hydrogens is 232 g/mol. The normalized spacial score (nSPS) is 10.0. The van der Waals surface area contributed by atoms with E-state index in [0.29, 0.717) is 5.75 Å². The number of hydrogen-bond acceptors (Lipinski definition) is 4. The number of carbonyl (C=O) groups is 2. The van der Waals surface area contributed by atoms with E-state index >= 15 is 0 Å².